The predicted molar refractivity (Wildman–Crippen MR) is 70.7 cm³/mol. The van der Waals surface area contributed by atoms with Gasteiger partial charge in [0.25, 0.3) is 0 Å². The van der Waals surface area contributed by atoms with Gasteiger partial charge >= 0.3 is 0 Å². The van der Waals surface area contributed by atoms with E-state index in [1.165, 1.54) is 0 Å². The largest absolute Gasteiger partial charge is 0.396 e. The molecule has 16 heavy (non-hydrogen) atoms. The summed E-state index contributed by atoms with van der Waals surface area (Å²) in [6, 6.07) is 0. The van der Waals surface area contributed by atoms with E-state index < -0.39 is 0 Å². The van der Waals surface area contributed by atoms with Crippen LogP contribution in [0.1, 0.15) is 33.6 Å². The third-order valence-electron chi connectivity index (χ3n) is 2.51. The number of aliphatic hydroxyl groups excluding tert-OH is 1. The van der Waals surface area contributed by atoms with Crippen LogP contribution in [0.3, 0.4) is 0 Å². The Hall–Kier alpha value is -0.220. The predicted octanol–water partition coefficient (Wildman–Crippen LogP) is 2.00. The lowest BCUT2D eigenvalue weighted by molar-refractivity contribution is -0.130. The highest BCUT2D eigenvalue weighted by atomic mass is 32.2. The molecule has 96 valence electrons. The van der Waals surface area contributed by atoms with Crippen molar-refractivity contribution in [3.8, 4) is 0 Å². The van der Waals surface area contributed by atoms with Crippen molar-refractivity contribution in [3.05, 3.63) is 0 Å². The Labute approximate surface area is 104 Å². The molecule has 0 aromatic heterocycles. The van der Waals surface area contributed by atoms with Gasteiger partial charge in [-0.2, -0.15) is 11.8 Å². The summed E-state index contributed by atoms with van der Waals surface area (Å²) >= 11 is 1.82. The summed E-state index contributed by atoms with van der Waals surface area (Å²) in [5.41, 5.74) is 0. The second-order valence-electron chi connectivity index (χ2n) is 4.03. The van der Waals surface area contributed by atoms with Crippen molar-refractivity contribution < 1.29 is 9.90 Å². The number of aliphatic hydroxyl groups is 1. The Bertz CT molecular complexity index is 184. The molecular weight excluding hydrogens is 222 g/mol. The van der Waals surface area contributed by atoms with Gasteiger partial charge in [-0.3, -0.25) is 4.79 Å². The van der Waals surface area contributed by atoms with Crippen molar-refractivity contribution in [2.45, 2.75) is 33.6 Å². The van der Waals surface area contributed by atoms with Crippen LogP contribution in [0.2, 0.25) is 0 Å². The van der Waals surface area contributed by atoms with Crippen LogP contribution in [0.4, 0.5) is 0 Å². The Morgan fingerprint density at radius 1 is 1.38 bits per heavy atom. The minimum Gasteiger partial charge on any atom is -0.396 e. The first-order chi connectivity index (χ1) is 7.65. The van der Waals surface area contributed by atoms with Gasteiger partial charge in [0, 0.05) is 26.1 Å². The van der Waals surface area contributed by atoms with Gasteiger partial charge in [0.15, 0.2) is 0 Å². The van der Waals surface area contributed by atoms with Gasteiger partial charge in [-0.1, -0.05) is 6.92 Å². The SMILES string of the molecule is CCN(CC)C(=O)CCCSCC(C)CO. The molecule has 0 saturated heterocycles. The van der Waals surface area contributed by atoms with Crippen molar-refractivity contribution >= 4 is 17.7 Å². The lowest BCUT2D eigenvalue weighted by Gasteiger charge is -2.18. The van der Waals surface area contributed by atoms with Crippen LogP contribution in [0.5, 0.6) is 0 Å². The number of nitrogens with zero attached hydrogens (tertiary/aromatic N) is 1. The summed E-state index contributed by atoms with van der Waals surface area (Å²) in [5.74, 6) is 2.62. The molecule has 0 aliphatic rings. The molecule has 1 N–H and O–H groups in total. The molecule has 0 bridgehead atoms. The van der Waals surface area contributed by atoms with Crippen molar-refractivity contribution in [1.29, 1.82) is 0 Å². The van der Waals surface area contributed by atoms with Gasteiger partial charge in [0.1, 0.15) is 0 Å². The molecule has 0 aliphatic heterocycles. The number of thioether (sulfide) groups is 1. The first-order valence-electron chi connectivity index (χ1n) is 6.12. The number of amides is 1. The van der Waals surface area contributed by atoms with E-state index in [0.717, 1.165) is 31.0 Å². The zero-order valence-corrected chi connectivity index (χ0v) is 11.6. The maximum absolute atomic E-state index is 11.6. The molecular formula is C12H25NO2S. The average Bonchev–Trinajstić information content (AvgIpc) is 2.29. The standard InChI is InChI=1S/C12H25NO2S/c1-4-13(5-2)12(15)7-6-8-16-10-11(3)9-14/h11,14H,4-10H2,1-3H3. The van der Waals surface area contributed by atoms with Gasteiger partial charge in [0.05, 0.1) is 0 Å². The van der Waals surface area contributed by atoms with Crippen molar-refractivity contribution in [3.63, 3.8) is 0 Å². The quantitative estimate of drug-likeness (QED) is 0.634. The number of carbonyl (C=O) groups excluding carboxylic acids is 1. The summed E-state index contributed by atoms with van der Waals surface area (Å²) in [7, 11) is 0. The van der Waals surface area contributed by atoms with E-state index in [1.807, 2.05) is 37.4 Å². The van der Waals surface area contributed by atoms with E-state index in [2.05, 4.69) is 0 Å². The van der Waals surface area contributed by atoms with Crippen LogP contribution in [0, 0.1) is 5.92 Å². The number of hydrogen-bond acceptors (Lipinski definition) is 3. The molecule has 0 spiro atoms. The third kappa shape index (κ3) is 7.12. The van der Waals surface area contributed by atoms with Gasteiger partial charge in [-0.15, -0.1) is 0 Å². The van der Waals surface area contributed by atoms with Crippen LogP contribution in [-0.4, -0.2) is 47.1 Å². The molecule has 0 fully saturated rings. The number of carbonyl (C=O) groups is 1. The molecule has 0 heterocycles. The van der Waals surface area contributed by atoms with Gasteiger partial charge in [-0.25, -0.2) is 0 Å². The molecule has 1 amide bonds. The molecule has 0 aliphatic carbocycles. The molecule has 4 heteroatoms. The summed E-state index contributed by atoms with van der Waals surface area (Å²) in [6.45, 7) is 7.94. The van der Waals surface area contributed by atoms with Gasteiger partial charge in [-0.05, 0) is 37.7 Å². The van der Waals surface area contributed by atoms with Crippen molar-refractivity contribution in [2.75, 3.05) is 31.2 Å². The van der Waals surface area contributed by atoms with E-state index in [0.29, 0.717) is 12.3 Å². The summed E-state index contributed by atoms with van der Waals surface area (Å²) in [5, 5.41) is 8.84. The number of hydrogen-bond donors (Lipinski definition) is 1. The highest BCUT2D eigenvalue weighted by molar-refractivity contribution is 7.99. The first kappa shape index (κ1) is 15.8. The average molecular weight is 247 g/mol. The number of rotatable bonds is 9. The zero-order chi connectivity index (χ0) is 12.4. The fourth-order valence-corrected chi connectivity index (χ4v) is 2.42. The maximum Gasteiger partial charge on any atom is 0.222 e. The molecule has 0 aromatic rings. The van der Waals surface area contributed by atoms with Gasteiger partial charge in [0.2, 0.25) is 5.91 Å². The molecule has 0 aromatic carbocycles. The summed E-state index contributed by atoms with van der Waals surface area (Å²) in [6.07, 6.45) is 1.60. The molecule has 0 saturated carbocycles. The Morgan fingerprint density at radius 2 is 2.00 bits per heavy atom. The minimum atomic E-state index is 0.255. The molecule has 0 rings (SSSR count). The molecule has 1 atom stereocenters. The summed E-state index contributed by atoms with van der Waals surface area (Å²) in [4.78, 5) is 13.5. The van der Waals surface area contributed by atoms with Crippen LogP contribution in [-0.2, 0) is 4.79 Å². The van der Waals surface area contributed by atoms with Crippen molar-refractivity contribution in [1.82, 2.24) is 4.90 Å². The smallest absolute Gasteiger partial charge is 0.222 e. The first-order valence-corrected chi connectivity index (χ1v) is 7.27. The Kier molecular flexibility index (Phi) is 9.83. The van der Waals surface area contributed by atoms with E-state index in [-0.39, 0.29) is 12.5 Å². The second-order valence-corrected chi connectivity index (χ2v) is 5.18. The Balaban J connectivity index is 3.47. The Morgan fingerprint density at radius 3 is 2.50 bits per heavy atom. The third-order valence-corrected chi connectivity index (χ3v) is 3.89. The second kappa shape index (κ2) is 9.97. The van der Waals surface area contributed by atoms with Crippen LogP contribution >= 0.6 is 11.8 Å². The zero-order valence-electron chi connectivity index (χ0n) is 10.7. The lowest BCUT2D eigenvalue weighted by atomic mass is 10.2. The van der Waals surface area contributed by atoms with E-state index in [9.17, 15) is 4.79 Å². The van der Waals surface area contributed by atoms with Crippen molar-refractivity contribution in [2.24, 2.45) is 5.92 Å². The molecule has 1 unspecified atom stereocenters. The fourth-order valence-electron chi connectivity index (χ4n) is 1.40. The lowest BCUT2D eigenvalue weighted by Crippen LogP contribution is -2.30. The summed E-state index contributed by atoms with van der Waals surface area (Å²) < 4.78 is 0. The maximum atomic E-state index is 11.6. The van der Waals surface area contributed by atoms with E-state index >= 15 is 0 Å². The van der Waals surface area contributed by atoms with Gasteiger partial charge < -0.3 is 10.0 Å². The van der Waals surface area contributed by atoms with Crippen LogP contribution in [0.15, 0.2) is 0 Å². The topological polar surface area (TPSA) is 40.5 Å². The van der Waals surface area contributed by atoms with E-state index in [4.69, 9.17) is 5.11 Å². The molecule has 3 nitrogen and oxygen atoms in total. The normalized spacial score (nSPS) is 12.5. The highest BCUT2D eigenvalue weighted by Crippen LogP contribution is 2.10. The highest BCUT2D eigenvalue weighted by Gasteiger charge is 2.08. The van der Waals surface area contributed by atoms with E-state index in [1.54, 1.807) is 0 Å². The van der Waals surface area contributed by atoms with Crippen LogP contribution in [0.25, 0.3) is 0 Å². The fraction of sp³-hybridized carbons (Fsp3) is 0.917. The molecule has 0 radical (unpaired) electrons. The monoisotopic (exact) mass is 247 g/mol. The van der Waals surface area contributed by atoms with Crippen LogP contribution < -0.4 is 0 Å². The minimum absolute atomic E-state index is 0.255.